The van der Waals surface area contributed by atoms with Crippen LogP contribution < -0.4 is 21.3 Å². The van der Waals surface area contributed by atoms with Crippen LogP contribution in [0, 0.1) is 11.8 Å². The number of nitrogens with one attached hydrogen (secondary N) is 4. The maximum absolute atomic E-state index is 14.6. The lowest BCUT2D eigenvalue weighted by Gasteiger charge is -2.35. The zero-order valence-electron chi connectivity index (χ0n) is 34.9. The number of likely N-dealkylation sites (tertiary alicyclic amines) is 1. The van der Waals surface area contributed by atoms with Crippen LogP contribution in [-0.4, -0.2) is 105 Å². The summed E-state index contributed by atoms with van der Waals surface area (Å²) >= 11 is 3.45. The molecule has 4 N–H and O–H groups in total. The summed E-state index contributed by atoms with van der Waals surface area (Å²) in [6.45, 7) is 10.8. The number of ketones is 1. The predicted octanol–water partition coefficient (Wildman–Crippen LogP) is 5.04. The molecule has 4 atom stereocenters. The summed E-state index contributed by atoms with van der Waals surface area (Å²) in [5.41, 5.74) is -0.340. The molecule has 1 spiro atoms. The molecule has 58 heavy (non-hydrogen) atoms. The molecule has 2 heterocycles. The molecule has 3 aliphatic rings. The van der Waals surface area contributed by atoms with E-state index in [9.17, 15) is 33.6 Å². The number of unbranched alkanes of at least 4 members (excludes halogenated alkanes) is 1. The van der Waals surface area contributed by atoms with Gasteiger partial charge in [0.05, 0.1) is 23.3 Å². The molecule has 0 aromatic heterocycles. The van der Waals surface area contributed by atoms with Gasteiger partial charge in [-0.2, -0.15) is 0 Å². The monoisotopic (exact) mass is 845 g/mol. The minimum Gasteiger partial charge on any atom is -0.458 e. The first-order valence-corrected chi connectivity index (χ1v) is 22.7. The molecular weight excluding hydrogens is 783 g/mol. The average Bonchev–Trinajstić information content (AvgIpc) is 3.56. The second kappa shape index (κ2) is 22.0. The quantitative estimate of drug-likeness (QED) is 0.121. The van der Waals surface area contributed by atoms with Gasteiger partial charge in [0.25, 0.3) is 5.91 Å². The summed E-state index contributed by atoms with van der Waals surface area (Å²) in [6.07, 6.45) is 6.47. The normalized spacial score (nSPS) is 19.7. The van der Waals surface area contributed by atoms with Gasteiger partial charge in [-0.15, -0.1) is 23.5 Å². The smallest absolute Gasteiger partial charge is 0.407 e. The van der Waals surface area contributed by atoms with Crippen molar-refractivity contribution in [2.24, 2.45) is 11.8 Å². The van der Waals surface area contributed by atoms with Crippen LogP contribution in [0.4, 0.5) is 4.79 Å². The van der Waals surface area contributed by atoms with Crippen LogP contribution in [0.1, 0.15) is 117 Å². The van der Waals surface area contributed by atoms with Crippen molar-refractivity contribution in [1.82, 2.24) is 26.2 Å². The van der Waals surface area contributed by atoms with Crippen LogP contribution >= 0.6 is 23.5 Å². The molecule has 14 nitrogen and oxygen atoms in total. The molecule has 0 bridgehead atoms. The molecule has 5 amide bonds. The number of esters is 1. The van der Waals surface area contributed by atoms with E-state index >= 15 is 0 Å². The Balaban J connectivity index is 1.49. The minimum atomic E-state index is -1.22. The van der Waals surface area contributed by atoms with Crippen LogP contribution in [0.2, 0.25) is 0 Å². The highest BCUT2D eigenvalue weighted by atomic mass is 32.2. The van der Waals surface area contributed by atoms with Crippen molar-refractivity contribution in [3.05, 3.63) is 35.9 Å². The van der Waals surface area contributed by atoms with E-state index in [1.54, 1.807) is 79.5 Å². The Labute approximate surface area is 351 Å². The van der Waals surface area contributed by atoms with Gasteiger partial charge < -0.3 is 35.6 Å². The molecule has 2 unspecified atom stereocenters. The van der Waals surface area contributed by atoms with Crippen molar-refractivity contribution in [3.8, 4) is 0 Å². The number of alkyl carbamates (subject to hydrolysis) is 1. The molecule has 2 saturated heterocycles. The summed E-state index contributed by atoms with van der Waals surface area (Å²) in [4.78, 5) is 96.7. The van der Waals surface area contributed by atoms with Gasteiger partial charge in [0.2, 0.25) is 23.5 Å². The van der Waals surface area contributed by atoms with Crippen LogP contribution in [0.5, 0.6) is 0 Å². The largest absolute Gasteiger partial charge is 0.458 e. The Hall–Kier alpha value is -3.79. The van der Waals surface area contributed by atoms with E-state index in [1.807, 2.05) is 20.8 Å². The van der Waals surface area contributed by atoms with Crippen LogP contribution in [0.25, 0.3) is 0 Å². The van der Waals surface area contributed by atoms with Crippen molar-refractivity contribution in [3.63, 3.8) is 0 Å². The molecule has 2 aliphatic heterocycles. The zero-order chi connectivity index (χ0) is 42.5. The van der Waals surface area contributed by atoms with E-state index in [-0.39, 0.29) is 30.8 Å². The van der Waals surface area contributed by atoms with E-state index in [0.29, 0.717) is 31.4 Å². The first kappa shape index (κ1) is 46.9. The highest BCUT2D eigenvalue weighted by Crippen LogP contribution is 2.50. The number of benzene rings is 1. The fourth-order valence-corrected chi connectivity index (χ4v) is 10.8. The first-order chi connectivity index (χ1) is 27.5. The molecular formula is C42H63N5O9S2. The average molecular weight is 846 g/mol. The first-order valence-electron chi connectivity index (χ1n) is 20.7. The Bertz CT molecular complexity index is 1590. The van der Waals surface area contributed by atoms with E-state index < -0.39 is 76.0 Å². The van der Waals surface area contributed by atoms with Gasteiger partial charge in [-0.25, -0.2) is 9.59 Å². The number of ether oxygens (including phenoxy) is 2. The van der Waals surface area contributed by atoms with Gasteiger partial charge in [-0.05, 0) is 75.4 Å². The third-order valence-electron chi connectivity index (χ3n) is 10.3. The molecule has 1 aromatic rings. The fourth-order valence-electron chi connectivity index (χ4n) is 7.42. The standard InChI is InChI=1S/C42H63N5O9S2/c1-7-8-20-30(35(49)37(51)43-24-32(48)45-34(29-18-13-10-14-19-29)39(53)56-41(4,5)6)44-36(50)31-23-42(57-21-15-22-58-42)26-47(31)38(52)33(28-16-11-9-12-17-28)46-40(54)55-25-27(2)3/h10,13-14,18-19,27-28,30-31,33-34H,7-9,11-12,15-17,20-26H2,1-6H3,(H,43,51)(H,44,50)(H,45,48)(H,46,54)/t30?,31-,33-,34?/m0/s1. The Morgan fingerprint density at radius 2 is 1.59 bits per heavy atom. The lowest BCUT2D eigenvalue weighted by molar-refractivity contribution is -0.158. The highest BCUT2D eigenvalue weighted by molar-refractivity contribution is 8.18. The number of carbonyl (C=O) groups excluding carboxylic acids is 7. The van der Waals surface area contributed by atoms with Gasteiger partial charge in [0.15, 0.2) is 6.04 Å². The Morgan fingerprint density at radius 1 is 0.914 bits per heavy atom. The molecule has 1 aliphatic carbocycles. The molecule has 16 heteroatoms. The SMILES string of the molecule is CCCCC(NC(=O)[C@@H]1CC2(CN1C(=O)[C@@H](NC(=O)OCC(C)C)C1CCCCC1)SCCCS2)C(=O)C(=O)NCC(=O)NC(C(=O)OC(C)(C)C)c1ccccc1. The maximum Gasteiger partial charge on any atom is 0.407 e. The number of hydrogen-bond acceptors (Lipinski definition) is 11. The number of carbonyl (C=O) groups is 7. The number of nitrogens with zero attached hydrogens (tertiary/aromatic N) is 1. The van der Waals surface area contributed by atoms with E-state index in [2.05, 4.69) is 21.3 Å². The molecule has 1 saturated carbocycles. The fraction of sp³-hybridized carbons (Fsp3) is 0.690. The number of rotatable bonds is 17. The van der Waals surface area contributed by atoms with Crippen molar-refractivity contribution in [2.75, 3.05) is 31.2 Å². The minimum absolute atomic E-state index is 0.111. The molecule has 3 fully saturated rings. The second-order valence-electron chi connectivity index (χ2n) is 16.9. The van der Waals surface area contributed by atoms with Crippen LogP contribution in [-0.2, 0) is 38.2 Å². The summed E-state index contributed by atoms with van der Waals surface area (Å²) in [6, 6.07) is 4.34. The summed E-state index contributed by atoms with van der Waals surface area (Å²) < 4.78 is 10.5. The summed E-state index contributed by atoms with van der Waals surface area (Å²) in [5, 5.41) is 10.6. The van der Waals surface area contributed by atoms with Crippen molar-refractivity contribution >= 4 is 65.0 Å². The Morgan fingerprint density at radius 3 is 2.21 bits per heavy atom. The third-order valence-corrected chi connectivity index (χ3v) is 13.6. The van der Waals surface area contributed by atoms with Gasteiger partial charge in [0.1, 0.15) is 17.7 Å². The second-order valence-corrected chi connectivity index (χ2v) is 20.1. The number of Topliss-reactive ketones (excluding diaryl/α,β-unsaturated/α-hetero) is 1. The molecule has 0 radical (unpaired) electrons. The molecule has 322 valence electrons. The van der Waals surface area contributed by atoms with Gasteiger partial charge in [-0.1, -0.05) is 83.2 Å². The molecule has 4 rings (SSSR count). The topological polar surface area (TPSA) is 189 Å². The van der Waals surface area contributed by atoms with Crippen molar-refractivity contribution < 1.29 is 43.0 Å². The highest BCUT2D eigenvalue weighted by Gasteiger charge is 2.52. The van der Waals surface area contributed by atoms with Crippen molar-refractivity contribution in [1.29, 1.82) is 0 Å². The van der Waals surface area contributed by atoms with E-state index in [4.69, 9.17) is 9.47 Å². The lowest BCUT2D eigenvalue weighted by Crippen LogP contribution is -2.58. The number of hydrogen-bond donors (Lipinski definition) is 4. The van der Waals surface area contributed by atoms with E-state index in [1.165, 1.54) is 0 Å². The van der Waals surface area contributed by atoms with Crippen LogP contribution in [0.15, 0.2) is 30.3 Å². The molecule has 1 aromatic carbocycles. The van der Waals surface area contributed by atoms with E-state index in [0.717, 1.165) is 50.0 Å². The predicted molar refractivity (Wildman–Crippen MR) is 225 cm³/mol. The number of thioether (sulfide) groups is 2. The summed E-state index contributed by atoms with van der Waals surface area (Å²) in [5.74, 6) is -2.56. The van der Waals surface area contributed by atoms with Crippen molar-refractivity contribution in [2.45, 2.75) is 140 Å². The summed E-state index contributed by atoms with van der Waals surface area (Å²) in [7, 11) is 0. The van der Waals surface area contributed by atoms with Gasteiger partial charge in [-0.3, -0.25) is 24.0 Å². The maximum atomic E-state index is 14.6. The Kier molecular flexibility index (Phi) is 17.8. The lowest BCUT2D eigenvalue weighted by atomic mass is 9.83. The third kappa shape index (κ3) is 13.9. The van der Waals surface area contributed by atoms with Gasteiger partial charge >= 0.3 is 12.1 Å². The number of amides is 5. The zero-order valence-corrected chi connectivity index (χ0v) is 36.5. The van der Waals surface area contributed by atoms with Crippen LogP contribution in [0.3, 0.4) is 0 Å². The van der Waals surface area contributed by atoms with Gasteiger partial charge in [0, 0.05) is 13.0 Å².